The second-order valence-electron chi connectivity index (χ2n) is 2.93. The van der Waals surface area contributed by atoms with E-state index in [0.29, 0.717) is 19.5 Å². The zero-order chi connectivity index (χ0) is 11.1. The van der Waals surface area contributed by atoms with Gasteiger partial charge >= 0.3 is 5.69 Å². The van der Waals surface area contributed by atoms with Gasteiger partial charge in [0.25, 0.3) is 0 Å². The standard InChI is InChI=1S/C9H12ClN3O2/c10-7-8(14)11-3-1-5-13-6-2-4-12-9(13)15/h2,4,6H,1,3,5,7H2,(H,11,14). The van der Waals surface area contributed by atoms with Gasteiger partial charge in [0, 0.05) is 25.5 Å². The number of nitrogens with zero attached hydrogens (tertiary/aromatic N) is 2. The number of aromatic nitrogens is 2. The summed E-state index contributed by atoms with van der Waals surface area (Å²) in [5, 5.41) is 2.62. The van der Waals surface area contributed by atoms with Crippen molar-refractivity contribution >= 4 is 17.5 Å². The van der Waals surface area contributed by atoms with E-state index in [1.54, 1.807) is 12.3 Å². The van der Waals surface area contributed by atoms with Crippen LogP contribution in [0.1, 0.15) is 6.42 Å². The molecule has 1 amide bonds. The van der Waals surface area contributed by atoms with E-state index in [1.165, 1.54) is 10.8 Å². The van der Waals surface area contributed by atoms with Gasteiger partial charge in [0.05, 0.1) is 0 Å². The van der Waals surface area contributed by atoms with Gasteiger partial charge in [-0.15, -0.1) is 11.6 Å². The second-order valence-corrected chi connectivity index (χ2v) is 3.20. The maximum atomic E-state index is 11.1. The van der Waals surface area contributed by atoms with E-state index in [9.17, 15) is 9.59 Å². The molecule has 0 unspecified atom stereocenters. The molecule has 82 valence electrons. The SMILES string of the molecule is O=C(CCl)NCCCn1cccnc1=O. The Morgan fingerprint density at radius 3 is 3.07 bits per heavy atom. The van der Waals surface area contributed by atoms with Gasteiger partial charge in [0.2, 0.25) is 5.91 Å². The molecular formula is C9H12ClN3O2. The molecule has 0 radical (unpaired) electrons. The van der Waals surface area contributed by atoms with Crippen molar-refractivity contribution in [2.75, 3.05) is 12.4 Å². The first-order valence-corrected chi connectivity index (χ1v) is 5.11. The molecule has 0 aliphatic rings. The van der Waals surface area contributed by atoms with Crippen LogP contribution in [0.2, 0.25) is 0 Å². The highest BCUT2D eigenvalue weighted by Gasteiger charge is 1.98. The van der Waals surface area contributed by atoms with Crippen LogP contribution in [0.15, 0.2) is 23.3 Å². The third-order valence-corrected chi connectivity index (χ3v) is 2.04. The Morgan fingerprint density at radius 1 is 1.60 bits per heavy atom. The molecule has 1 aromatic heterocycles. The smallest absolute Gasteiger partial charge is 0.347 e. The largest absolute Gasteiger partial charge is 0.355 e. The topological polar surface area (TPSA) is 64.0 Å². The summed E-state index contributed by atoms with van der Waals surface area (Å²) in [5.74, 6) is -0.234. The van der Waals surface area contributed by atoms with Gasteiger partial charge in [-0.3, -0.25) is 9.36 Å². The van der Waals surface area contributed by atoms with Crippen molar-refractivity contribution in [3.63, 3.8) is 0 Å². The molecule has 1 aromatic rings. The lowest BCUT2D eigenvalue weighted by atomic mass is 10.4. The van der Waals surface area contributed by atoms with Crippen LogP contribution in [0.25, 0.3) is 0 Å². The van der Waals surface area contributed by atoms with E-state index >= 15 is 0 Å². The minimum atomic E-state index is -0.277. The fourth-order valence-corrected chi connectivity index (χ4v) is 1.18. The highest BCUT2D eigenvalue weighted by atomic mass is 35.5. The monoisotopic (exact) mass is 229 g/mol. The zero-order valence-corrected chi connectivity index (χ0v) is 8.91. The van der Waals surface area contributed by atoms with Crippen molar-refractivity contribution in [3.05, 3.63) is 28.9 Å². The summed E-state index contributed by atoms with van der Waals surface area (Å²) in [5.41, 5.74) is -0.277. The molecule has 0 saturated heterocycles. The van der Waals surface area contributed by atoms with Crippen LogP contribution in [0.3, 0.4) is 0 Å². The summed E-state index contributed by atoms with van der Waals surface area (Å²) < 4.78 is 1.49. The number of hydrogen-bond acceptors (Lipinski definition) is 3. The molecule has 1 rings (SSSR count). The Morgan fingerprint density at radius 2 is 2.40 bits per heavy atom. The second kappa shape index (κ2) is 6.19. The molecule has 0 aliphatic heterocycles. The maximum absolute atomic E-state index is 11.1. The average molecular weight is 230 g/mol. The number of alkyl halides is 1. The van der Waals surface area contributed by atoms with Crippen LogP contribution in [0.5, 0.6) is 0 Å². The number of amides is 1. The van der Waals surface area contributed by atoms with Crippen molar-refractivity contribution < 1.29 is 4.79 Å². The third kappa shape index (κ3) is 4.12. The summed E-state index contributed by atoms with van der Waals surface area (Å²) >= 11 is 5.30. The normalized spacial score (nSPS) is 9.93. The van der Waals surface area contributed by atoms with E-state index in [0.717, 1.165) is 0 Å². The molecule has 1 N–H and O–H groups in total. The number of hydrogen-bond donors (Lipinski definition) is 1. The number of nitrogens with one attached hydrogen (secondary N) is 1. The first-order chi connectivity index (χ1) is 7.24. The lowest BCUT2D eigenvalue weighted by Gasteiger charge is -2.04. The molecule has 1 heterocycles. The number of carbonyl (C=O) groups is 1. The van der Waals surface area contributed by atoms with Gasteiger partial charge in [-0.05, 0) is 12.5 Å². The van der Waals surface area contributed by atoms with Crippen molar-refractivity contribution in [1.82, 2.24) is 14.9 Å². The molecule has 15 heavy (non-hydrogen) atoms. The van der Waals surface area contributed by atoms with Crippen molar-refractivity contribution in [2.45, 2.75) is 13.0 Å². The average Bonchev–Trinajstić information content (AvgIpc) is 2.26. The van der Waals surface area contributed by atoms with Gasteiger partial charge in [-0.1, -0.05) is 0 Å². The maximum Gasteiger partial charge on any atom is 0.347 e. The Labute approximate surface area is 92.1 Å². The quantitative estimate of drug-likeness (QED) is 0.571. The molecule has 0 atom stereocenters. The first kappa shape index (κ1) is 11.7. The van der Waals surface area contributed by atoms with Crippen LogP contribution in [0, 0.1) is 0 Å². The Hall–Kier alpha value is -1.36. The van der Waals surface area contributed by atoms with E-state index in [1.807, 2.05) is 0 Å². The van der Waals surface area contributed by atoms with Crippen molar-refractivity contribution in [2.24, 2.45) is 0 Å². The van der Waals surface area contributed by atoms with Crippen LogP contribution < -0.4 is 11.0 Å². The number of carbonyl (C=O) groups excluding carboxylic acids is 1. The molecule has 0 saturated carbocycles. The zero-order valence-electron chi connectivity index (χ0n) is 8.15. The van der Waals surface area contributed by atoms with E-state index in [4.69, 9.17) is 11.6 Å². The highest BCUT2D eigenvalue weighted by molar-refractivity contribution is 6.27. The third-order valence-electron chi connectivity index (χ3n) is 1.80. The molecule has 0 fully saturated rings. The molecule has 0 spiro atoms. The number of rotatable bonds is 5. The highest BCUT2D eigenvalue weighted by Crippen LogP contribution is 1.85. The first-order valence-electron chi connectivity index (χ1n) is 4.58. The number of aryl methyl sites for hydroxylation is 1. The van der Waals surface area contributed by atoms with Crippen LogP contribution in [-0.2, 0) is 11.3 Å². The summed E-state index contributed by atoms with van der Waals surface area (Å²) in [4.78, 5) is 25.5. The lowest BCUT2D eigenvalue weighted by Crippen LogP contribution is -2.28. The van der Waals surface area contributed by atoms with Crippen LogP contribution in [0.4, 0.5) is 0 Å². The predicted octanol–water partition coefficient (Wildman–Crippen LogP) is -0.0116. The fraction of sp³-hybridized carbons (Fsp3) is 0.444. The molecular weight excluding hydrogens is 218 g/mol. The van der Waals surface area contributed by atoms with Gasteiger partial charge in [0.1, 0.15) is 5.88 Å². The van der Waals surface area contributed by atoms with Gasteiger partial charge in [0.15, 0.2) is 0 Å². The molecule has 5 nitrogen and oxygen atoms in total. The minimum absolute atomic E-state index is 0.0349. The molecule has 0 aromatic carbocycles. The van der Waals surface area contributed by atoms with Crippen LogP contribution >= 0.6 is 11.6 Å². The Bertz CT molecular complexity index is 378. The Balaban J connectivity index is 2.29. The van der Waals surface area contributed by atoms with E-state index in [2.05, 4.69) is 10.3 Å². The minimum Gasteiger partial charge on any atom is -0.355 e. The predicted molar refractivity (Wildman–Crippen MR) is 56.8 cm³/mol. The summed E-state index contributed by atoms with van der Waals surface area (Å²) in [7, 11) is 0. The molecule has 6 heteroatoms. The molecule has 0 bridgehead atoms. The lowest BCUT2D eigenvalue weighted by molar-refractivity contribution is -0.118. The van der Waals surface area contributed by atoms with Gasteiger partial charge < -0.3 is 5.32 Å². The van der Waals surface area contributed by atoms with E-state index < -0.39 is 0 Å². The summed E-state index contributed by atoms with van der Waals surface area (Å²) in [6.07, 6.45) is 3.79. The van der Waals surface area contributed by atoms with Crippen LogP contribution in [-0.4, -0.2) is 27.9 Å². The van der Waals surface area contributed by atoms with E-state index in [-0.39, 0.29) is 17.5 Å². The summed E-state index contributed by atoms with van der Waals surface area (Å²) in [6.45, 7) is 1.04. The Kier molecular flexibility index (Phi) is 4.83. The fourth-order valence-electron chi connectivity index (χ4n) is 1.08. The molecule has 0 aliphatic carbocycles. The van der Waals surface area contributed by atoms with Gasteiger partial charge in [-0.2, -0.15) is 0 Å². The summed E-state index contributed by atoms with van der Waals surface area (Å²) in [6, 6.07) is 1.69. The van der Waals surface area contributed by atoms with Crippen molar-refractivity contribution in [3.8, 4) is 0 Å². The number of halogens is 1. The van der Waals surface area contributed by atoms with Crippen molar-refractivity contribution in [1.29, 1.82) is 0 Å². The van der Waals surface area contributed by atoms with Gasteiger partial charge in [-0.25, -0.2) is 9.78 Å².